The van der Waals surface area contributed by atoms with Gasteiger partial charge >= 0.3 is 0 Å². The van der Waals surface area contributed by atoms with Crippen molar-refractivity contribution in [1.82, 2.24) is 19.9 Å². The van der Waals surface area contributed by atoms with E-state index in [1.54, 1.807) is 36.7 Å². The van der Waals surface area contributed by atoms with E-state index in [1.165, 1.54) is 32.3 Å². The van der Waals surface area contributed by atoms with Crippen molar-refractivity contribution >= 4 is 17.1 Å². The molecule has 0 aliphatic rings. The van der Waals surface area contributed by atoms with Gasteiger partial charge in [0.25, 0.3) is 5.91 Å². The van der Waals surface area contributed by atoms with Crippen molar-refractivity contribution in [1.29, 1.82) is 0 Å². The van der Waals surface area contributed by atoms with Crippen LogP contribution in [0.1, 0.15) is 44.5 Å². The average Bonchev–Trinajstić information content (AvgIpc) is 3.15. The predicted molar refractivity (Wildman–Crippen MR) is 121 cm³/mol. The number of pyridine rings is 1. The Morgan fingerprint density at radius 2 is 1.91 bits per heavy atom. The smallest absolute Gasteiger partial charge is 0.255 e. The summed E-state index contributed by atoms with van der Waals surface area (Å²) >= 11 is 0. The average molecular weight is 462 g/mol. The van der Waals surface area contributed by atoms with Crippen LogP contribution < -0.4 is 10.6 Å². The van der Waals surface area contributed by atoms with E-state index in [1.807, 2.05) is 0 Å². The molecule has 1 amide bonds. The second-order valence-electron chi connectivity index (χ2n) is 9.18. The molecule has 0 saturated heterocycles. The molecule has 0 aromatic carbocycles. The highest BCUT2D eigenvalue weighted by molar-refractivity contribution is 6.03. The minimum absolute atomic E-state index is 0.183. The SMILES string of the molecule is CC(C)(O)CCNc1c(C(=O)NC[C@@H](F)C(C)(C)O)cnn2cc(-c3ccc(F)nc3)cc12. The predicted octanol–water partition coefficient (Wildman–Crippen LogP) is 2.95. The highest BCUT2D eigenvalue weighted by Gasteiger charge is 2.27. The molecule has 0 spiro atoms. The topological polar surface area (TPSA) is 112 Å². The Bertz CT molecular complexity index is 1120. The minimum atomic E-state index is -1.66. The number of nitrogens with zero attached hydrogens (tertiary/aromatic N) is 3. The number of carbonyl (C=O) groups is 1. The van der Waals surface area contributed by atoms with Gasteiger partial charge < -0.3 is 20.8 Å². The number of carbonyl (C=O) groups excluding carboxylic acids is 1. The first-order valence-corrected chi connectivity index (χ1v) is 10.6. The third-order valence-corrected chi connectivity index (χ3v) is 5.19. The van der Waals surface area contributed by atoms with Crippen LogP contribution in [0, 0.1) is 5.95 Å². The maximum absolute atomic E-state index is 14.1. The molecule has 0 fully saturated rings. The van der Waals surface area contributed by atoms with Gasteiger partial charge in [-0.1, -0.05) is 0 Å². The summed E-state index contributed by atoms with van der Waals surface area (Å²) in [5.74, 6) is -1.15. The van der Waals surface area contributed by atoms with Crippen LogP contribution in [-0.4, -0.2) is 61.2 Å². The van der Waals surface area contributed by atoms with Crippen molar-refractivity contribution in [3.63, 3.8) is 0 Å². The minimum Gasteiger partial charge on any atom is -0.390 e. The summed E-state index contributed by atoms with van der Waals surface area (Å²) in [5, 5.41) is 29.8. The lowest BCUT2D eigenvalue weighted by atomic mass is 10.0. The lowest BCUT2D eigenvalue weighted by Gasteiger charge is -2.23. The molecule has 3 heterocycles. The van der Waals surface area contributed by atoms with Crippen molar-refractivity contribution in [2.24, 2.45) is 0 Å². The number of anilines is 1. The maximum Gasteiger partial charge on any atom is 0.255 e. The largest absolute Gasteiger partial charge is 0.390 e. The van der Waals surface area contributed by atoms with Gasteiger partial charge in [0.05, 0.1) is 40.7 Å². The molecule has 0 radical (unpaired) electrons. The highest BCUT2D eigenvalue weighted by Crippen LogP contribution is 2.29. The van der Waals surface area contributed by atoms with Gasteiger partial charge in [0.1, 0.15) is 6.17 Å². The van der Waals surface area contributed by atoms with Gasteiger partial charge in [-0.2, -0.15) is 9.49 Å². The Morgan fingerprint density at radius 1 is 1.18 bits per heavy atom. The Balaban J connectivity index is 1.96. The zero-order valence-electron chi connectivity index (χ0n) is 19.1. The van der Waals surface area contributed by atoms with Gasteiger partial charge in [-0.3, -0.25) is 4.79 Å². The first kappa shape index (κ1) is 24.5. The highest BCUT2D eigenvalue weighted by atomic mass is 19.1. The number of aromatic nitrogens is 3. The summed E-state index contributed by atoms with van der Waals surface area (Å²) in [6.45, 7) is 6.00. The third kappa shape index (κ3) is 6.23. The zero-order valence-corrected chi connectivity index (χ0v) is 19.1. The monoisotopic (exact) mass is 461 g/mol. The molecule has 3 aromatic rings. The number of aliphatic hydroxyl groups is 2. The molecule has 0 aliphatic carbocycles. The zero-order chi connectivity index (χ0) is 24.4. The molecule has 0 unspecified atom stereocenters. The Morgan fingerprint density at radius 3 is 2.52 bits per heavy atom. The van der Waals surface area contributed by atoms with Gasteiger partial charge in [0, 0.05) is 30.1 Å². The normalized spacial score (nSPS) is 13.2. The molecule has 10 heteroatoms. The van der Waals surface area contributed by atoms with Gasteiger partial charge in [-0.05, 0) is 52.3 Å². The van der Waals surface area contributed by atoms with Crippen molar-refractivity contribution in [3.05, 3.63) is 48.3 Å². The maximum atomic E-state index is 14.1. The molecule has 0 bridgehead atoms. The summed E-state index contributed by atoms with van der Waals surface area (Å²) in [5.41, 5.74) is 0.0690. The van der Waals surface area contributed by atoms with Crippen LogP contribution in [0.4, 0.5) is 14.5 Å². The first-order valence-electron chi connectivity index (χ1n) is 10.6. The van der Waals surface area contributed by atoms with Crippen molar-refractivity contribution in [2.45, 2.75) is 51.5 Å². The number of fused-ring (bicyclic) bond motifs is 1. The standard InChI is InChI=1S/C23H29F2N5O3/c1-22(2,32)7-8-26-20-16(21(31)28-12-18(24)23(3,4)33)11-29-30-13-15(9-17(20)30)14-5-6-19(25)27-10-14/h5-6,9-11,13,18,26,32-33H,7-8,12H2,1-4H3,(H,28,31)/t18-/m1/s1. The van der Waals surface area contributed by atoms with E-state index < -0.39 is 29.2 Å². The molecule has 3 aromatic heterocycles. The number of rotatable bonds is 9. The van der Waals surface area contributed by atoms with Crippen LogP contribution in [0.2, 0.25) is 0 Å². The Hall–Kier alpha value is -3.11. The molecule has 3 rings (SSSR count). The van der Waals surface area contributed by atoms with E-state index >= 15 is 0 Å². The van der Waals surface area contributed by atoms with E-state index in [9.17, 15) is 23.8 Å². The number of amides is 1. The number of nitrogens with one attached hydrogen (secondary N) is 2. The number of alkyl halides is 1. The van der Waals surface area contributed by atoms with E-state index in [-0.39, 0.29) is 12.1 Å². The molecule has 4 N–H and O–H groups in total. The number of hydrogen-bond acceptors (Lipinski definition) is 6. The van der Waals surface area contributed by atoms with Gasteiger partial charge in [-0.15, -0.1) is 0 Å². The van der Waals surface area contributed by atoms with Crippen LogP contribution in [0.15, 0.2) is 36.8 Å². The van der Waals surface area contributed by atoms with E-state index in [0.29, 0.717) is 35.3 Å². The summed E-state index contributed by atoms with van der Waals surface area (Å²) in [7, 11) is 0. The number of halogens is 2. The second-order valence-corrected chi connectivity index (χ2v) is 9.18. The van der Waals surface area contributed by atoms with Crippen molar-refractivity contribution < 1.29 is 23.8 Å². The molecular formula is C23H29F2N5O3. The van der Waals surface area contributed by atoms with Gasteiger partial charge in [0.2, 0.25) is 5.95 Å². The van der Waals surface area contributed by atoms with Crippen molar-refractivity contribution in [2.75, 3.05) is 18.4 Å². The fourth-order valence-corrected chi connectivity index (χ4v) is 3.14. The molecule has 178 valence electrons. The second kappa shape index (κ2) is 9.40. The van der Waals surface area contributed by atoms with Crippen LogP contribution in [0.3, 0.4) is 0 Å². The third-order valence-electron chi connectivity index (χ3n) is 5.19. The molecule has 1 atom stereocenters. The first-order chi connectivity index (χ1) is 15.3. The van der Waals surface area contributed by atoms with E-state index in [0.717, 1.165) is 0 Å². The fraction of sp³-hybridized carbons (Fsp3) is 0.435. The van der Waals surface area contributed by atoms with E-state index in [2.05, 4.69) is 20.7 Å². The lowest BCUT2D eigenvalue weighted by molar-refractivity contribution is -0.00177. The van der Waals surface area contributed by atoms with Crippen LogP contribution in [0.25, 0.3) is 16.6 Å². The lowest BCUT2D eigenvalue weighted by Crippen LogP contribution is -2.42. The summed E-state index contributed by atoms with van der Waals surface area (Å²) in [4.78, 5) is 16.5. The molecule has 0 saturated carbocycles. The molecule has 0 aliphatic heterocycles. The number of hydrogen-bond donors (Lipinski definition) is 4. The van der Waals surface area contributed by atoms with Crippen LogP contribution >= 0.6 is 0 Å². The van der Waals surface area contributed by atoms with E-state index in [4.69, 9.17) is 0 Å². The molecule has 33 heavy (non-hydrogen) atoms. The van der Waals surface area contributed by atoms with Crippen LogP contribution in [-0.2, 0) is 0 Å². The molecule has 8 nitrogen and oxygen atoms in total. The van der Waals surface area contributed by atoms with Crippen LogP contribution in [0.5, 0.6) is 0 Å². The fourth-order valence-electron chi connectivity index (χ4n) is 3.14. The summed E-state index contributed by atoms with van der Waals surface area (Å²) in [6, 6.07) is 4.62. The summed E-state index contributed by atoms with van der Waals surface area (Å²) in [6.07, 6.45) is 3.23. The quantitative estimate of drug-likeness (QED) is 0.365. The summed E-state index contributed by atoms with van der Waals surface area (Å²) < 4.78 is 28.9. The van der Waals surface area contributed by atoms with Crippen molar-refractivity contribution in [3.8, 4) is 11.1 Å². The van der Waals surface area contributed by atoms with Gasteiger partial charge in [0.15, 0.2) is 0 Å². The Kier molecular flexibility index (Phi) is 6.99. The molecular weight excluding hydrogens is 432 g/mol. The van der Waals surface area contributed by atoms with Gasteiger partial charge in [-0.25, -0.2) is 13.9 Å². The Labute approximate surface area is 190 Å².